The number of hydrogen-bond donors (Lipinski definition) is 2. The van der Waals surface area contributed by atoms with Gasteiger partial charge in [-0.15, -0.1) is 11.8 Å². The van der Waals surface area contributed by atoms with Gasteiger partial charge in [-0.05, 0) is 30.0 Å². The Morgan fingerprint density at radius 1 is 1.14 bits per heavy atom. The van der Waals surface area contributed by atoms with E-state index in [-0.39, 0.29) is 6.17 Å². The van der Waals surface area contributed by atoms with Crippen LogP contribution < -0.4 is 10.6 Å². The van der Waals surface area contributed by atoms with E-state index in [9.17, 15) is 0 Å². The van der Waals surface area contributed by atoms with Crippen molar-refractivity contribution < 1.29 is 0 Å². The molecular weight excluding hydrogens is 300 g/mol. The number of halogens is 1. The summed E-state index contributed by atoms with van der Waals surface area (Å²) in [6.45, 7) is 0.894. The second-order valence-electron chi connectivity index (χ2n) is 4.87. The van der Waals surface area contributed by atoms with Crippen molar-refractivity contribution >= 4 is 23.4 Å². The second-order valence-corrected chi connectivity index (χ2v) is 6.32. The Balaban J connectivity index is 1.74. The average Bonchev–Trinajstić information content (AvgIpc) is 2.54. The Morgan fingerprint density at radius 2 is 2.05 bits per heavy atom. The standard InChI is InChI=1S/C17H17ClN2S/c18-14-6-3-5-13(11-14)12-21-16-8-2-1-7-15(16)17-19-9-4-10-20-17/h1-9,11,17,19-20H,10,12H2. The first kappa shape index (κ1) is 14.5. The molecule has 1 unspecified atom stereocenters. The van der Waals surface area contributed by atoms with Crippen LogP contribution in [0.5, 0.6) is 0 Å². The van der Waals surface area contributed by atoms with E-state index < -0.39 is 0 Å². The first-order valence-corrected chi connectivity index (χ1v) is 8.30. The Kier molecular flexibility index (Phi) is 4.86. The topological polar surface area (TPSA) is 24.1 Å². The van der Waals surface area contributed by atoms with Crippen LogP contribution in [-0.4, -0.2) is 6.54 Å². The zero-order chi connectivity index (χ0) is 14.5. The summed E-state index contributed by atoms with van der Waals surface area (Å²) in [7, 11) is 0. The lowest BCUT2D eigenvalue weighted by Crippen LogP contribution is -2.35. The van der Waals surface area contributed by atoms with E-state index in [1.807, 2.05) is 36.2 Å². The van der Waals surface area contributed by atoms with Crippen molar-refractivity contribution in [2.45, 2.75) is 16.8 Å². The van der Waals surface area contributed by atoms with Gasteiger partial charge >= 0.3 is 0 Å². The van der Waals surface area contributed by atoms with Crippen molar-refractivity contribution in [3.8, 4) is 0 Å². The van der Waals surface area contributed by atoms with E-state index in [2.05, 4.69) is 47.0 Å². The van der Waals surface area contributed by atoms with Gasteiger partial charge in [0.1, 0.15) is 6.17 Å². The van der Waals surface area contributed by atoms with Gasteiger partial charge in [-0.3, -0.25) is 5.32 Å². The first-order chi connectivity index (χ1) is 10.3. The fourth-order valence-corrected chi connectivity index (χ4v) is 3.55. The minimum absolute atomic E-state index is 0.179. The first-order valence-electron chi connectivity index (χ1n) is 6.93. The van der Waals surface area contributed by atoms with Gasteiger partial charge in [0.05, 0.1) is 0 Å². The molecule has 2 nitrogen and oxygen atoms in total. The molecule has 0 bridgehead atoms. The number of hydrogen-bond acceptors (Lipinski definition) is 3. The van der Waals surface area contributed by atoms with E-state index in [1.165, 1.54) is 16.0 Å². The molecule has 0 fully saturated rings. The van der Waals surface area contributed by atoms with Gasteiger partial charge in [0.15, 0.2) is 0 Å². The van der Waals surface area contributed by atoms with Gasteiger partial charge in [-0.25, -0.2) is 0 Å². The molecule has 1 heterocycles. The SMILES string of the molecule is Clc1cccc(CSc2ccccc2C2NC=CCN2)c1. The van der Waals surface area contributed by atoms with Gasteiger partial charge in [0, 0.05) is 27.8 Å². The molecule has 2 aromatic carbocycles. The molecule has 21 heavy (non-hydrogen) atoms. The zero-order valence-electron chi connectivity index (χ0n) is 11.6. The molecule has 2 aromatic rings. The molecule has 0 aromatic heterocycles. The lowest BCUT2D eigenvalue weighted by molar-refractivity contribution is 0.491. The number of nitrogens with one attached hydrogen (secondary N) is 2. The molecule has 1 aliphatic heterocycles. The number of benzene rings is 2. The van der Waals surface area contributed by atoms with Crippen molar-refractivity contribution in [2.75, 3.05) is 6.54 Å². The highest BCUT2D eigenvalue weighted by Crippen LogP contribution is 2.30. The van der Waals surface area contributed by atoms with Crippen LogP contribution in [0, 0.1) is 0 Å². The zero-order valence-corrected chi connectivity index (χ0v) is 13.1. The Hall–Kier alpha value is -1.42. The summed E-state index contributed by atoms with van der Waals surface area (Å²) >= 11 is 7.88. The Labute approximate surface area is 134 Å². The summed E-state index contributed by atoms with van der Waals surface area (Å²) in [5.41, 5.74) is 2.53. The molecule has 0 amide bonds. The molecule has 0 aliphatic carbocycles. The highest BCUT2D eigenvalue weighted by atomic mass is 35.5. The molecule has 2 N–H and O–H groups in total. The molecule has 1 aliphatic rings. The van der Waals surface area contributed by atoms with E-state index in [4.69, 9.17) is 11.6 Å². The van der Waals surface area contributed by atoms with Gasteiger partial charge in [0.2, 0.25) is 0 Å². The summed E-state index contributed by atoms with van der Waals surface area (Å²) in [6.07, 6.45) is 4.27. The third-order valence-corrected chi connectivity index (χ3v) is 4.73. The maximum Gasteiger partial charge on any atom is 0.104 e. The van der Waals surface area contributed by atoms with Gasteiger partial charge in [-0.1, -0.05) is 48.0 Å². The second kappa shape index (κ2) is 7.03. The summed E-state index contributed by atoms with van der Waals surface area (Å²) in [5, 5.41) is 7.60. The van der Waals surface area contributed by atoms with Crippen molar-refractivity contribution in [1.29, 1.82) is 0 Å². The predicted octanol–water partition coefficient (Wildman–Crippen LogP) is 4.34. The monoisotopic (exact) mass is 316 g/mol. The third-order valence-electron chi connectivity index (χ3n) is 3.33. The van der Waals surface area contributed by atoms with Crippen LogP contribution in [0.15, 0.2) is 65.7 Å². The summed E-state index contributed by atoms with van der Waals surface area (Å²) < 4.78 is 0. The Bertz CT molecular complexity index is 642. The molecular formula is C17H17ClN2S. The van der Waals surface area contributed by atoms with Crippen molar-refractivity contribution in [2.24, 2.45) is 0 Å². The van der Waals surface area contributed by atoms with Gasteiger partial charge in [-0.2, -0.15) is 0 Å². The fraction of sp³-hybridized carbons (Fsp3) is 0.176. The van der Waals surface area contributed by atoms with Crippen LogP contribution in [0.25, 0.3) is 0 Å². The molecule has 0 radical (unpaired) electrons. The normalized spacial score (nSPS) is 17.5. The highest BCUT2D eigenvalue weighted by molar-refractivity contribution is 7.98. The lowest BCUT2D eigenvalue weighted by atomic mass is 10.1. The molecule has 0 saturated heterocycles. The van der Waals surface area contributed by atoms with Crippen LogP contribution >= 0.6 is 23.4 Å². The van der Waals surface area contributed by atoms with Gasteiger partial charge < -0.3 is 5.32 Å². The summed E-state index contributed by atoms with van der Waals surface area (Å²) in [5.74, 6) is 0.917. The largest absolute Gasteiger partial charge is 0.372 e. The molecule has 1 atom stereocenters. The summed E-state index contributed by atoms with van der Waals surface area (Å²) in [4.78, 5) is 1.29. The van der Waals surface area contributed by atoms with Crippen molar-refractivity contribution in [1.82, 2.24) is 10.6 Å². The third kappa shape index (κ3) is 3.82. The molecule has 0 saturated carbocycles. The van der Waals surface area contributed by atoms with Gasteiger partial charge in [0.25, 0.3) is 0 Å². The highest BCUT2D eigenvalue weighted by Gasteiger charge is 2.14. The van der Waals surface area contributed by atoms with Crippen molar-refractivity contribution in [3.63, 3.8) is 0 Å². The van der Waals surface area contributed by atoms with E-state index in [1.54, 1.807) is 0 Å². The predicted molar refractivity (Wildman–Crippen MR) is 90.5 cm³/mol. The van der Waals surface area contributed by atoms with Crippen LogP contribution in [-0.2, 0) is 5.75 Å². The maximum absolute atomic E-state index is 6.04. The van der Waals surface area contributed by atoms with E-state index in [0.29, 0.717) is 0 Å². The summed E-state index contributed by atoms with van der Waals surface area (Å²) in [6, 6.07) is 16.6. The molecule has 3 rings (SSSR count). The average molecular weight is 317 g/mol. The van der Waals surface area contributed by atoms with Crippen molar-refractivity contribution in [3.05, 3.63) is 77.0 Å². The van der Waals surface area contributed by atoms with E-state index in [0.717, 1.165) is 17.3 Å². The minimum atomic E-state index is 0.179. The Morgan fingerprint density at radius 3 is 2.86 bits per heavy atom. The van der Waals surface area contributed by atoms with E-state index >= 15 is 0 Å². The lowest BCUT2D eigenvalue weighted by Gasteiger charge is -2.24. The quantitative estimate of drug-likeness (QED) is 0.821. The molecule has 108 valence electrons. The fourth-order valence-electron chi connectivity index (χ4n) is 2.31. The van der Waals surface area contributed by atoms with Crippen LogP contribution in [0.2, 0.25) is 5.02 Å². The van der Waals surface area contributed by atoms with Crippen LogP contribution in [0.4, 0.5) is 0 Å². The molecule has 4 heteroatoms. The minimum Gasteiger partial charge on any atom is -0.372 e. The van der Waals surface area contributed by atoms with Crippen LogP contribution in [0.1, 0.15) is 17.3 Å². The smallest absolute Gasteiger partial charge is 0.104 e. The number of thioether (sulfide) groups is 1. The molecule has 0 spiro atoms. The number of rotatable bonds is 4. The van der Waals surface area contributed by atoms with Crippen LogP contribution in [0.3, 0.4) is 0 Å². The maximum atomic E-state index is 6.04.